The van der Waals surface area contributed by atoms with Crippen LogP contribution in [0.3, 0.4) is 0 Å². The van der Waals surface area contributed by atoms with Crippen molar-refractivity contribution in [3.05, 3.63) is 18.1 Å². The summed E-state index contributed by atoms with van der Waals surface area (Å²) in [5, 5.41) is 3.37. The van der Waals surface area contributed by atoms with E-state index >= 15 is 0 Å². The monoisotopic (exact) mass is 280 g/mol. The Balaban J connectivity index is 2.59. The normalized spacial score (nSPS) is 12.7. The van der Waals surface area contributed by atoms with Gasteiger partial charge in [-0.05, 0) is 26.3 Å². The van der Waals surface area contributed by atoms with Crippen molar-refractivity contribution in [3.8, 4) is 0 Å². The Hall–Kier alpha value is -1.20. The van der Waals surface area contributed by atoms with Crippen LogP contribution >= 0.6 is 0 Å². The van der Waals surface area contributed by atoms with Crippen molar-refractivity contribution in [2.75, 3.05) is 31.7 Å². The van der Waals surface area contributed by atoms with Crippen LogP contribution in [-0.4, -0.2) is 42.8 Å². The van der Waals surface area contributed by atoms with Crippen molar-refractivity contribution in [2.45, 2.75) is 40.3 Å². The van der Waals surface area contributed by atoms with E-state index in [-0.39, 0.29) is 0 Å². The van der Waals surface area contributed by atoms with Crippen LogP contribution in [0.5, 0.6) is 0 Å². The molecule has 0 aromatic carbocycles. The first-order valence-electron chi connectivity index (χ1n) is 7.35. The van der Waals surface area contributed by atoms with E-state index < -0.39 is 0 Å². The Labute approximate surface area is 122 Å². The predicted molar refractivity (Wildman–Crippen MR) is 82.9 cm³/mol. The predicted octanol–water partition coefficient (Wildman–Crippen LogP) is 2.08. The molecule has 0 saturated carbocycles. The number of nitrogens with one attached hydrogen (secondary N) is 1. The highest BCUT2D eigenvalue weighted by molar-refractivity contribution is 5.36. The number of aromatic nitrogens is 2. The second kappa shape index (κ2) is 8.87. The van der Waals surface area contributed by atoms with Crippen molar-refractivity contribution < 1.29 is 4.74 Å². The van der Waals surface area contributed by atoms with Gasteiger partial charge in [0.05, 0.1) is 30.7 Å². The fourth-order valence-electron chi connectivity index (χ4n) is 2.11. The lowest BCUT2D eigenvalue weighted by molar-refractivity contribution is 0.181. The van der Waals surface area contributed by atoms with Gasteiger partial charge in [-0.25, -0.2) is 4.98 Å². The molecule has 0 bridgehead atoms. The minimum atomic E-state index is 0.296. The molecule has 5 heteroatoms. The second-order valence-corrected chi connectivity index (χ2v) is 5.48. The lowest BCUT2D eigenvalue weighted by Gasteiger charge is -2.28. The van der Waals surface area contributed by atoms with Gasteiger partial charge in [0.25, 0.3) is 0 Å². The van der Waals surface area contributed by atoms with E-state index in [0.29, 0.717) is 18.6 Å². The first-order chi connectivity index (χ1) is 9.58. The van der Waals surface area contributed by atoms with Crippen LogP contribution in [0.4, 0.5) is 5.82 Å². The van der Waals surface area contributed by atoms with Crippen molar-refractivity contribution >= 4 is 5.82 Å². The fourth-order valence-corrected chi connectivity index (χ4v) is 2.11. The van der Waals surface area contributed by atoms with Crippen LogP contribution in [0, 0.1) is 5.92 Å². The van der Waals surface area contributed by atoms with Gasteiger partial charge >= 0.3 is 0 Å². The molecule has 5 nitrogen and oxygen atoms in total. The van der Waals surface area contributed by atoms with Crippen LogP contribution in [0.15, 0.2) is 12.4 Å². The third-order valence-corrected chi connectivity index (χ3v) is 3.13. The molecule has 1 rings (SSSR count). The fraction of sp³-hybridized carbons (Fsp3) is 0.733. The van der Waals surface area contributed by atoms with E-state index in [1.807, 2.05) is 12.4 Å². The zero-order valence-electron chi connectivity index (χ0n) is 13.4. The summed E-state index contributed by atoms with van der Waals surface area (Å²) in [6.07, 6.45) is 3.70. The van der Waals surface area contributed by atoms with Crippen molar-refractivity contribution in [1.29, 1.82) is 0 Å². The van der Waals surface area contributed by atoms with Gasteiger partial charge in [0, 0.05) is 20.2 Å². The Morgan fingerprint density at radius 2 is 2.00 bits per heavy atom. The first kappa shape index (κ1) is 16.9. The minimum Gasteiger partial charge on any atom is -0.383 e. The zero-order valence-corrected chi connectivity index (χ0v) is 13.4. The molecule has 1 atom stereocenters. The van der Waals surface area contributed by atoms with Crippen LogP contribution in [0.25, 0.3) is 0 Å². The second-order valence-electron chi connectivity index (χ2n) is 5.48. The molecular formula is C15H28N4O. The van der Waals surface area contributed by atoms with Crippen molar-refractivity contribution in [2.24, 2.45) is 5.92 Å². The molecule has 0 radical (unpaired) electrons. The van der Waals surface area contributed by atoms with E-state index in [9.17, 15) is 0 Å². The Bertz CT molecular complexity index is 367. The van der Waals surface area contributed by atoms with Gasteiger partial charge in [-0.1, -0.05) is 13.8 Å². The Morgan fingerprint density at radius 1 is 1.25 bits per heavy atom. The Morgan fingerprint density at radius 3 is 2.50 bits per heavy atom. The quantitative estimate of drug-likeness (QED) is 0.750. The highest BCUT2D eigenvalue weighted by Crippen LogP contribution is 2.12. The molecule has 20 heavy (non-hydrogen) atoms. The van der Waals surface area contributed by atoms with Crippen LogP contribution in [-0.2, 0) is 11.3 Å². The van der Waals surface area contributed by atoms with Gasteiger partial charge in [0.15, 0.2) is 0 Å². The summed E-state index contributed by atoms with van der Waals surface area (Å²) in [5.41, 5.74) is 0.977. The topological polar surface area (TPSA) is 50.3 Å². The number of likely N-dealkylation sites (N-methyl/N-ethyl adjacent to an activating group) is 1. The molecule has 1 N–H and O–H groups in total. The third kappa shape index (κ3) is 5.43. The number of ether oxygens (including phenoxy) is 1. The van der Waals surface area contributed by atoms with Gasteiger partial charge in [0.1, 0.15) is 5.82 Å². The number of hydrogen-bond donors (Lipinski definition) is 1. The van der Waals surface area contributed by atoms with Crippen LogP contribution in [0.2, 0.25) is 0 Å². The Kier molecular flexibility index (Phi) is 7.47. The van der Waals surface area contributed by atoms with E-state index in [1.165, 1.54) is 0 Å². The summed E-state index contributed by atoms with van der Waals surface area (Å²) in [4.78, 5) is 11.2. The molecule has 1 heterocycles. The van der Waals surface area contributed by atoms with Gasteiger partial charge < -0.3 is 15.0 Å². The van der Waals surface area contributed by atoms with Crippen molar-refractivity contribution in [1.82, 2.24) is 15.3 Å². The maximum absolute atomic E-state index is 5.21. The zero-order chi connectivity index (χ0) is 15.0. The highest BCUT2D eigenvalue weighted by Gasteiger charge is 2.14. The smallest absolute Gasteiger partial charge is 0.147 e. The molecule has 0 aliphatic rings. The largest absolute Gasteiger partial charge is 0.383 e. The average Bonchev–Trinajstić information content (AvgIpc) is 2.41. The molecule has 0 aliphatic carbocycles. The van der Waals surface area contributed by atoms with Gasteiger partial charge in [-0.15, -0.1) is 0 Å². The van der Waals surface area contributed by atoms with E-state index in [1.54, 1.807) is 7.11 Å². The summed E-state index contributed by atoms with van der Waals surface area (Å²) in [6, 6.07) is 0.296. The van der Waals surface area contributed by atoms with Gasteiger partial charge in [-0.2, -0.15) is 0 Å². The van der Waals surface area contributed by atoms with Gasteiger partial charge in [0.2, 0.25) is 0 Å². The molecule has 1 aromatic rings. The molecule has 0 amide bonds. The lowest BCUT2D eigenvalue weighted by Crippen LogP contribution is -2.36. The number of anilines is 1. The molecule has 0 saturated heterocycles. The number of methoxy groups -OCH3 is 1. The molecule has 1 aromatic heterocycles. The number of rotatable bonds is 9. The standard InChI is InChI=1S/C15H28N4O/c1-6-19(13(4)11-20-5)15-10-17-14(9-18-15)8-16-7-12(2)3/h9-10,12-13,16H,6-8,11H2,1-5H3. The highest BCUT2D eigenvalue weighted by atomic mass is 16.5. The molecule has 0 aliphatic heterocycles. The third-order valence-electron chi connectivity index (χ3n) is 3.13. The van der Waals surface area contributed by atoms with E-state index in [4.69, 9.17) is 4.74 Å². The van der Waals surface area contributed by atoms with Gasteiger partial charge in [-0.3, -0.25) is 4.98 Å². The summed E-state index contributed by atoms with van der Waals surface area (Å²) >= 11 is 0. The summed E-state index contributed by atoms with van der Waals surface area (Å²) in [5.74, 6) is 1.55. The maximum atomic E-state index is 5.21. The summed E-state index contributed by atoms with van der Waals surface area (Å²) in [6.45, 7) is 12.0. The van der Waals surface area contributed by atoms with E-state index in [0.717, 1.165) is 31.1 Å². The van der Waals surface area contributed by atoms with Crippen molar-refractivity contribution in [3.63, 3.8) is 0 Å². The van der Waals surface area contributed by atoms with E-state index in [2.05, 4.69) is 47.9 Å². The van der Waals surface area contributed by atoms with Crippen LogP contribution in [0.1, 0.15) is 33.4 Å². The molecule has 0 fully saturated rings. The maximum Gasteiger partial charge on any atom is 0.147 e. The minimum absolute atomic E-state index is 0.296. The summed E-state index contributed by atoms with van der Waals surface area (Å²) in [7, 11) is 1.72. The molecule has 0 spiro atoms. The number of nitrogens with zero attached hydrogens (tertiary/aromatic N) is 3. The number of hydrogen-bond acceptors (Lipinski definition) is 5. The summed E-state index contributed by atoms with van der Waals surface area (Å²) < 4.78 is 5.21. The molecule has 114 valence electrons. The first-order valence-corrected chi connectivity index (χ1v) is 7.35. The lowest BCUT2D eigenvalue weighted by atomic mass is 10.2. The SMILES string of the molecule is CCN(c1cnc(CNCC(C)C)cn1)C(C)COC. The molecular weight excluding hydrogens is 252 g/mol. The average molecular weight is 280 g/mol. The van der Waals surface area contributed by atoms with Crippen LogP contribution < -0.4 is 10.2 Å². The molecule has 1 unspecified atom stereocenters.